The van der Waals surface area contributed by atoms with Gasteiger partial charge in [-0.05, 0) is 17.2 Å². The monoisotopic (exact) mass is 364 g/mol. The molecule has 1 aromatic carbocycles. The van der Waals surface area contributed by atoms with Crippen molar-refractivity contribution >= 4 is 17.4 Å². The first-order chi connectivity index (χ1) is 13.3. The van der Waals surface area contributed by atoms with Crippen molar-refractivity contribution in [1.29, 1.82) is 0 Å². The molecule has 0 aliphatic carbocycles. The Bertz CT molecular complexity index is 993. The molecule has 2 aliphatic rings. The van der Waals surface area contributed by atoms with Crippen LogP contribution in [-0.4, -0.2) is 63.2 Å². The lowest BCUT2D eigenvalue weighted by molar-refractivity contribution is -0.130. The van der Waals surface area contributed by atoms with E-state index in [1.54, 1.807) is 16.9 Å². The van der Waals surface area contributed by atoms with Crippen molar-refractivity contribution in [3.63, 3.8) is 0 Å². The third-order valence-corrected chi connectivity index (χ3v) is 5.24. The van der Waals surface area contributed by atoms with Gasteiger partial charge in [0, 0.05) is 32.6 Å². The summed E-state index contributed by atoms with van der Waals surface area (Å²) in [6.07, 6.45) is 6.39. The van der Waals surface area contributed by atoms with E-state index in [0.717, 1.165) is 48.9 Å². The van der Waals surface area contributed by atoms with E-state index >= 15 is 0 Å². The molecule has 2 aromatic heterocycles. The fourth-order valence-corrected chi connectivity index (χ4v) is 3.78. The van der Waals surface area contributed by atoms with Gasteiger partial charge in [-0.3, -0.25) is 9.78 Å². The fourth-order valence-electron chi connectivity index (χ4n) is 3.78. The van der Waals surface area contributed by atoms with Gasteiger partial charge in [0.2, 0.25) is 5.91 Å². The molecule has 1 fully saturated rings. The van der Waals surface area contributed by atoms with E-state index < -0.39 is 0 Å². The Morgan fingerprint density at radius 3 is 2.93 bits per heavy atom. The van der Waals surface area contributed by atoms with Crippen LogP contribution in [0.25, 0.3) is 5.65 Å². The number of anilines is 1. The van der Waals surface area contributed by atoms with Gasteiger partial charge in [-0.2, -0.15) is 9.61 Å². The lowest BCUT2D eigenvalue weighted by Crippen LogP contribution is -2.49. The van der Waals surface area contributed by atoms with Crippen molar-refractivity contribution in [3.05, 3.63) is 48.0 Å². The Hall–Kier alpha value is -3.16. The van der Waals surface area contributed by atoms with Crippen LogP contribution in [0.4, 0.5) is 5.82 Å². The van der Waals surface area contributed by atoms with Crippen LogP contribution in [0.15, 0.2) is 36.9 Å². The quantitative estimate of drug-likeness (QED) is 0.689. The zero-order valence-electron chi connectivity index (χ0n) is 14.9. The molecule has 8 nitrogen and oxygen atoms in total. The minimum absolute atomic E-state index is 0.172. The summed E-state index contributed by atoms with van der Waals surface area (Å²) in [5.74, 6) is 2.04. The number of carbonyl (C=O) groups is 1. The van der Waals surface area contributed by atoms with Gasteiger partial charge in [0.05, 0.1) is 25.4 Å². The van der Waals surface area contributed by atoms with E-state index in [4.69, 9.17) is 4.74 Å². The van der Waals surface area contributed by atoms with Gasteiger partial charge >= 0.3 is 0 Å². The maximum absolute atomic E-state index is 12.7. The molecule has 0 radical (unpaired) electrons. The molecule has 4 heterocycles. The van der Waals surface area contributed by atoms with Gasteiger partial charge in [-0.1, -0.05) is 12.1 Å². The number of amides is 1. The van der Waals surface area contributed by atoms with Crippen LogP contribution in [0.2, 0.25) is 0 Å². The molecule has 138 valence electrons. The average molecular weight is 364 g/mol. The maximum Gasteiger partial charge on any atom is 0.227 e. The topological polar surface area (TPSA) is 75.9 Å². The highest BCUT2D eigenvalue weighted by Gasteiger charge is 2.23. The molecule has 2 aliphatic heterocycles. The van der Waals surface area contributed by atoms with E-state index in [1.807, 2.05) is 17.0 Å². The van der Waals surface area contributed by atoms with E-state index in [0.29, 0.717) is 19.5 Å². The number of piperazine rings is 1. The van der Waals surface area contributed by atoms with Crippen LogP contribution in [0.1, 0.15) is 11.1 Å². The van der Waals surface area contributed by atoms with Crippen LogP contribution in [0.3, 0.4) is 0 Å². The average Bonchev–Trinajstić information content (AvgIpc) is 3.36. The number of nitrogens with zero attached hydrogens (tertiary/aromatic N) is 6. The predicted octanol–water partition coefficient (Wildman–Crippen LogP) is 0.950. The molecule has 0 unspecified atom stereocenters. The van der Waals surface area contributed by atoms with Gasteiger partial charge in [0.1, 0.15) is 12.1 Å². The molecule has 0 saturated carbocycles. The molecule has 0 bridgehead atoms. The number of benzene rings is 1. The second-order valence-corrected chi connectivity index (χ2v) is 6.88. The van der Waals surface area contributed by atoms with Crippen molar-refractivity contribution in [1.82, 2.24) is 24.5 Å². The van der Waals surface area contributed by atoms with E-state index in [1.165, 1.54) is 11.9 Å². The first-order valence-corrected chi connectivity index (χ1v) is 9.19. The minimum atomic E-state index is 0.172. The summed E-state index contributed by atoms with van der Waals surface area (Å²) >= 11 is 0. The van der Waals surface area contributed by atoms with Gasteiger partial charge in [0.25, 0.3) is 0 Å². The second kappa shape index (κ2) is 6.53. The molecule has 1 amide bonds. The normalized spacial score (nSPS) is 16.4. The summed E-state index contributed by atoms with van der Waals surface area (Å²) in [6, 6.07) is 6.08. The standard InChI is InChI=1S/C19H20N6O2/c26-19(10-14-1-2-16-15(9-14)3-8-27-16)24-6-4-23(5-7-24)18-12-20-11-17-21-13-22-25(17)18/h1-2,9,11-13H,3-8,10H2. The maximum atomic E-state index is 12.7. The van der Waals surface area contributed by atoms with E-state index in [9.17, 15) is 4.79 Å². The van der Waals surface area contributed by atoms with Gasteiger partial charge in [-0.15, -0.1) is 0 Å². The number of rotatable bonds is 3. The van der Waals surface area contributed by atoms with Gasteiger partial charge in [0.15, 0.2) is 11.5 Å². The Labute approximate surface area is 156 Å². The molecule has 0 N–H and O–H groups in total. The molecule has 0 spiro atoms. The van der Waals surface area contributed by atoms with Crippen molar-refractivity contribution in [2.75, 3.05) is 37.7 Å². The first-order valence-electron chi connectivity index (χ1n) is 9.19. The van der Waals surface area contributed by atoms with Crippen LogP contribution in [0.5, 0.6) is 5.75 Å². The Morgan fingerprint density at radius 2 is 2.04 bits per heavy atom. The zero-order chi connectivity index (χ0) is 18.2. The Morgan fingerprint density at radius 1 is 1.15 bits per heavy atom. The minimum Gasteiger partial charge on any atom is -0.493 e. The van der Waals surface area contributed by atoms with Crippen molar-refractivity contribution < 1.29 is 9.53 Å². The molecule has 5 rings (SSSR count). The molecule has 1 saturated heterocycles. The van der Waals surface area contributed by atoms with E-state index in [2.05, 4.69) is 26.0 Å². The zero-order valence-corrected chi connectivity index (χ0v) is 14.9. The molecule has 3 aromatic rings. The third kappa shape index (κ3) is 2.97. The summed E-state index contributed by atoms with van der Waals surface area (Å²) in [7, 11) is 0. The highest BCUT2D eigenvalue weighted by molar-refractivity contribution is 5.79. The summed E-state index contributed by atoms with van der Waals surface area (Å²) < 4.78 is 7.32. The number of fused-ring (bicyclic) bond motifs is 2. The van der Waals surface area contributed by atoms with Gasteiger partial charge in [-0.25, -0.2) is 4.98 Å². The molecular weight excluding hydrogens is 344 g/mol. The first kappa shape index (κ1) is 16.0. The lowest BCUT2D eigenvalue weighted by atomic mass is 10.1. The third-order valence-electron chi connectivity index (χ3n) is 5.24. The lowest BCUT2D eigenvalue weighted by Gasteiger charge is -2.35. The summed E-state index contributed by atoms with van der Waals surface area (Å²) in [5, 5.41) is 4.27. The van der Waals surface area contributed by atoms with E-state index in [-0.39, 0.29) is 5.91 Å². The van der Waals surface area contributed by atoms with Crippen LogP contribution >= 0.6 is 0 Å². The highest BCUT2D eigenvalue weighted by atomic mass is 16.5. The number of hydrogen-bond acceptors (Lipinski definition) is 6. The summed E-state index contributed by atoms with van der Waals surface area (Å²) in [6.45, 7) is 3.63. The smallest absolute Gasteiger partial charge is 0.227 e. The molecule has 0 atom stereocenters. The number of hydrogen-bond donors (Lipinski definition) is 0. The predicted molar refractivity (Wildman–Crippen MR) is 98.9 cm³/mol. The SMILES string of the molecule is O=C(Cc1ccc2c(c1)CCO2)N1CCN(c2cncc3ncnn23)CC1. The Balaban J connectivity index is 1.24. The van der Waals surface area contributed by atoms with Crippen molar-refractivity contribution in [3.8, 4) is 5.75 Å². The van der Waals surface area contributed by atoms with Crippen molar-refractivity contribution in [2.24, 2.45) is 0 Å². The Kier molecular flexibility index (Phi) is 3.88. The summed E-state index contributed by atoms with van der Waals surface area (Å²) in [4.78, 5) is 25.3. The van der Waals surface area contributed by atoms with Gasteiger partial charge < -0.3 is 14.5 Å². The highest BCUT2D eigenvalue weighted by Crippen LogP contribution is 2.26. The number of ether oxygens (including phenoxy) is 1. The van der Waals surface area contributed by atoms with Crippen LogP contribution in [0, 0.1) is 0 Å². The second-order valence-electron chi connectivity index (χ2n) is 6.88. The van der Waals surface area contributed by atoms with Crippen LogP contribution in [-0.2, 0) is 17.6 Å². The number of aromatic nitrogens is 4. The van der Waals surface area contributed by atoms with Crippen molar-refractivity contribution in [2.45, 2.75) is 12.8 Å². The largest absolute Gasteiger partial charge is 0.493 e. The number of carbonyl (C=O) groups excluding carboxylic acids is 1. The molecule has 8 heteroatoms. The summed E-state index contributed by atoms with van der Waals surface area (Å²) in [5.41, 5.74) is 2.99. The fraction of sp³-hybridized carbons (Fsp3) is 0.368. The molecule has 27 heavy (non-hydrogen) atoms. The molecular formula is C19H20N6O2. The van der Waals surface area contributed by atoms with Crippen LogP contribution < -0.4 is 9.64 Å².